The summed E-state index contributed by atoms with van der Waals surface area (Å²) in [6.07, 6.45) is -0.206. The van der Waals surface area contributed by atoms with Crippen molar-refractivity contribution in [3.63, 3.8) is 0 Å². The molecule has 1 aliphatic rings. The Morgan fingerprint density at radius 1 is 1.11 bits per heavy atom. The van der Waals surface area contributed by atoms with Crippen LogP contribution in [-0.4, -0.2) is 22.5 Å². The number of fused-ring (bicyclic) bond motifs is 1. The number of ketones is 3. The lowest BCUT2D eigenvalue weighted by atomic mass is 9.85. The van der Waals surface area contributed by atoms with Gasteiger partial charge in [-0.3, -0.25) is 14.4 Å². The molecule has 0 saturated heterocycles. The molecule has 1 aliphatic carbocycles. The highest BCUT2D eigenvalue weighted by Crippen LogP contribution is 2.29. The van der Waals surface area contributed by atoms with Gasteiger partial charge in [0.15, 0.2) is 0 Å². The lowest BCUT2D eigenvalue weighted by Gasteiger charge is -2.17. The average molecular weight is 258 g/mol. The monoisotopic (exact) mass is 258 g/mol. The Hall–Kier alpha value is -2.23. The Morgan fingerprint density at radius 2 is 1.68 bits per heavy atom. The second-order valence-electron chi connectivity index (χ2n) is 4.83. The summed E-state index contributed by atoms with van der Waals surface area (Å²) < 4.78 is 0. The zero-order chi connectivity index (χ0) is 14.2. The molecule has 0 heterocycles. The summed E-state index contributed by atoms with van der Waals surface area (Å²) in [4.78, 5) is 35.6. The van der Waals surface area contributed by atoms with Gasteiger partial charge >= 0.3 is 0 Å². The zero-order valence-electron chi connectivity index (χ0n) is 10.8. The highest BCUT2D eigenvalue weighted by molar-refractivity contribution is 6.52. The molecular weight excluding hydrogens is 244 g/mol. The second kappa shape index (κ2) is 4.80. The van der Waals surface area contributed by atoms with E-state index in [1.807, 2.05) is 0 Å². The Kier molecular flexibility index (Phi) is 3.34. The van der Waals surface area contributed by atoms with Crippen LogP contribution < -0.4 is 0 Å². The van der Waals surface area contributed by atoms with Crippen LogP contribution >= 0.6 is 0 Å². The number of benzene rings is 1. The van der Waals surface area contributed by atoms with Gasteiger partial charge in [-0.05, 0) is 0 Å². The first-order valence-electron chi connectivity index (χ1n) is 6.06. The fraction of sp³-hybridized carbons (Fsp3) is 0.267. The van der Waals surface area contributed by atoms with Crippen LogP contribution in [0.15, 0.2) is 29.8 Å². The first-order valence-corrected chi connectivity index (χ1v) is 6.06. The molecular formula is C15H14O4. The van der Waals surface area contributed by atoms with E-state index in [-0.39, 0.29) is 35.0 Å². The fourth-order valence-corrected chi connectivity index (χ4v) is 1.96. The highest BCUT2D eigenvalue weighted by atomic mass is 16.3. The number of Topliss-reactive ketones (excluding diaryl/α,β-unsaturated/α-hetero) is 3. The van der Waals surface area contributed by atoms with E-state index in [4.69, 9.17) is 0 Å². The number of carbonyl (C=O) groups excluding carboxylic acids is 3. The molecule has 0 spiro atoms. The third-order valence-electron chi connectivity index (χ3n) is 3.19. The molecule has 4 nitrogen and oxygen atoms in total. The molecule has 19 heavy (non-hydrogen) atoms. The number of hydrogen-bond acceptors (Lipinski definition) is 4. The first-order chi connectivity index (χ1) is 8.93. The van der Waals surface area contributed by atoms with Crippen LogP contribution in [0, 0.1) is 5.92 Å². The Labute approximate surface area is 110 Å². The lowest BCUT2D eigenvalue weighted by Crippen LogP contribution is -2.26. The van der Waals surface area contributed by atoms with Crippen LogP contribution in [0.25, 0.3) is 5.76 Å². The summed E-state index contributed by atoms with van der Waals surface area (Å²) in [7, 11) is 0. The van der Waals surface area contributed by atoms with E-state index in [1.54, 1.807) is 32.0 Å². The molecule has 0 aliphatic heterocycles. The third-order valence-corrected chi connectivity index (χ3v) is 3.19. The molecule has 0 aromatic heterocycles. The van der Waals surface area contributed by atoms with Crippen molar-refractivity contribution in [3.8, 4) is 0 Å². The molecule has 2 rings (SSSR count). The molecule has 0 bridgehead atoms. The molecule has 4 heteroatoms. The van der Waals surface area contributed by atoms with Crippen LogP contribution in [0.1, 0.15) is 36.2 Å². The van der Waals surface area contributed by atoms with E-state index in [0.717, 1.165) is 0 Å². The smallest absolute Gasteiger partial charge is 0.234 e. The Bertz CT molecular complexity index is 608. The molecule has 0 amide bonds. The van der Waals surface area contributed by atoms with Crippen molar-refractivity contribution in [2.24, 2.45) is 5.92 Å². The predicted octanol–water partition coefficient (Wildman–Crippen LogP) is 2.34. The standard InChI is InChI=1S/C15H14O4/c1-8(2)12(16)7-11-13(17)9-5-3-4-6-10(9)14(18)15(11)19/h3-6,8,17H,7H2,1-2H3. The maximum atomic E-state index is 11.9. The van der Waals surface area contributed by atoms with E-state index >= 15 is 0 Å². The van der Waals surface area contributed by atoms with Crippen LogP contribution in [0.4, 0.5) is 0 Å². The minimum atomic E-state index is -0.787. The van der Waals surface area contributed by atoms with Gasteiger partial charge in [0.25, 0.3) is 0 Å². The predicted molar refractivity (Wildman–Crippen MR) is 69.8 cm³/mol. The van der Waals surface area contributed by atoms with Gasteiger partial charge in [0.2, 0.25) is 11.6 Å². The van der Waals surface area contributed by atoms with Gasteiger partial charge in [0.05, 0.1) is 5.57 Å². The Balaban J connectivity index is 2.51. The van der Waals surface area contributed by atoms with E-state index in [9.17, 15) is 19.5 Å². The van der Waals surface area contributed by atoms with Crippen molar-refractivity contribution in [1.29, 1.82) is 0 Å². The summed E-state index contributed by atoms with van der Waals surface area (Å²) in [5, 5.41) is 10.1. The topological polar surface area (TPSA) is 71.4 Å². The van der Waals surface area contributed by atoms with Crippen molar-refractivity contribution >= 4 is 23.1 Å². The molecule has 0 unspecified atom stereocenters. The number of aliphatic hydroxyl groups excluding tert-OH is 1. The summed E-state index contributed by atoms with van der Waals surface area (Å²) in [5.74, 6) is -2.14. The summed E-state index contributed by atoms with van der Waals surface area (Å²) in [6, 6.07) is 6.35. The van der Waals surface area contributed by atoms with Crippen LogP contribution in [0.2, 0.25) is 0 Å². The molecule has 1 N–H and O–H groups in total. The number of aliphatic hydroxyl groups is 1. The quantitative estimate of drug-likeness (QED) is 0.845. The second-order valence-corrected chi connectivity index (χ2v) is 4.83. The summed E-state index contributed by atoms with van der Waals surface area (Å²) in [6.45, 7) is 3.42. The van der Waals surface area contributed by atoms with E-state index in [2.05, 4.69) is 0 Å². The van der Waals surface area contributed by atoms with Gasteiger partial charge in [-0.15, -0.1) is 0 Å². The minimum absolute atomic E-state index is 0.0950. The molecule has 1 aromatic rings. The fourth-order valence-electron chi connectivity index (χ4n) is 1.96. The van der Waals surface area contributed by atoms with Gasteiger partial charge in [-0.1, -0.05) is 38.1 Å². The molecule has 0 atom stereocenters. The molecule has 98 valence electrons. The average Bonchev–Trinajstić information content (AvgIpc) is 2.40. The number of hydrogen-bond donors (Lipinski definition) is 1. The van der Waals surface area contributed by atoms with Crippen molar-refractivity contribution in [3.05, 3.63) is 41.0 Å². The normalized spacial score (nSPS) is 14.9. The summed E-state index contributed by atoms with van der Waals surface area (Å²) in [5.41, 5.74) is 0.409. The van der Waals surface area contributed by atoms with E-state index in [1.165, 1.54) is 6.07 Å². The number of rotatable bonds is 3. The van der Waals surface area contributed by atoms with Crippen molar-refractivity contribution in [1.82, 2.24) is 0 Å². The van der Waals surface area contributed by atoms with E-state index in [0.29, 0.717) is 5.56 Å². The van der Waals surface area contributed by atoms with Crippen LogP contribution in [0.3, 0.4) is 0 Å². The molecule has 0 fully saturated rings. The summed E-state index contributed by atoms with van der Waals surface area (Å²) >= 11 is 0. The highest BCUT2D eigenvalue weighted by Gasteiger charge is 2.33. The SMILES string of the molecule is CC(C)C(=O)CC1=C(O)c2ccccc2C(=O)C1=O. The van der Waals surface area contributed by atoms with Crippen LogP contribution in [-0.2, 0) is 9.59 Å². The number of allylic oxidation sites excluding steroid dienone is 1. The minimum Gasteiger partial charge on any atom is -0.507 e. The molecule has 1 aromatic carbocycles. The zero-order valence-corrected chi connectivity index (χ0v) is 10.8. The maximum absolute atomic E-state index is 11.9. The first kappa shape index (κ1) is 13.2. The van der Waals surface area contributed by atoms with Gasteiger partial charge in [-0.2, -0.15) is 0 Å². The van der Waals surface area contributed by atoms with Crippen molar-refractivity contribution in [2.75, 3.05) is 0 Å². The van der Waals surface area contributed by atoms with Crippen molar-refractivity contribution < 1.29 is 19.5 Å². The third kappa shape index (κ3) is 2.21. The molecule has 0 radical (unpaired) electrons. The van der Waals surface area contributed by atoms with Gasteiger partial charge in [-0.25, -0.2) is 0 Å². The Morgan fingerprint density at radius 3 is 2.26 bits per heavy atom. The maximum Gasteiger partial charge on any atom is 0.234 e. The van der Waals surface area contributed by atoms with Gasteiger partial charge < -0.3 is 5.11 Å². The van der Waals surface area contributed by atoms with Gasteiger partial charge in [0.1, 0.15) is 11.5 Å². The molecule has 0 saturated carbocycles. The van der Waals surface area contributed by atoms with Gasteiger partial charge in [0, 0.05) is 23.5 Å². The number of carbonyl (C=O) groups is 3. The lowest BCUT2D eigenvalue weighted by molar-refractivity contribution is -0.122. The largest absolute Gasteiger partial charge is 0.507 e. The van der Waals surface area contributed by atoms with E-state index < -0.39 is 11.6 Å². The van der Waals surface area contributed by atoms with Crippen molar-refractivity contribution in [2.45, 2.75) is 20.3 Å². The van der Waals surface area contributed by atoms with Crippen LogP contribution in [0.5, 0.6) is 0 Å².